The van der Waals surface area contributed by atoms with Crippen LogP contribution in [0.4, 0.5) is 5.95 Å². The van der Waals surface area contributed by atoms with Crippen LogP contribution in [0.5, 0.6) is 0 Å². The number of hydrogen-bond donors (Lipinski definition) is 2. The highest BCUT2D eigenvalue weighted by Gasteiger charge is 2.21. The van der Waals surface area contributed by atoms with Gasteiger partial charge in [-0.25, -0.2) is 5.10 Å². The topological polar surface area (TPSA) is 93.9 Å². The van der Waals surface area contributed by atoms with Crippen LogP contribution in [-0.2, 0) is 9.53 Å². The summed E-state index contributed by atoms with van der Waals surface area (Å²) < 4.78 is 4.73. The van der Waals surface area contributed by atoms with Gasteiger partial charge in [0.1, 0.15) is 5.25 Å². The summed E-state index contributed by atoms with van der Waals surface area (Å²) in [6.45, 7) is 2.07. The average molecular weight is 244 g/mol. The molecule has 16 heavy (non-hydrogen) atoms. The Labute approximate surface area is 98.3 Å². The van der Waals surface area contributed by atoms with Gasteiger partial charge in [-0.3, -0.25) is 4.79 Å². The van der Waals surface area contributed by atoms with Crippen LogP contribution >= 0.6 is 11.8 Å². The average Bonchev–Trinajstić information content (AvgIpc) is 2.69. The molecule has 0 radical (unpaired) electrons. The fourth-order valence-electron chi connectivity index (χ4n) is 1.18. The smallest absolute Gasteiger partial charge is 0.319 e. The summed E-state index contributed by atoms with van der Waals surface area (Å²) in [7, 11) is 1.38. The first-order valence-corrected chi connectivity index (χ1v) is 5.97. The number of anilines is 1. The van der Waals surface area contributed by atoms with Gasteiger partial charge in [0, 0.05) is 0 Å². The third-order valence-electron chi connectivity index (χ3n) is 2.01. The standard InChI is InChI=1S/C9H16N4O2S/c1-3-4-5-6(7(14)15-2)16-9-11-8(10)12-13-9/h6H,3-5H2,1-2H3,(H3,10,11,12,13). The van der Waals surface area contributed by atoms with Crippen LogP contribution in [0.2, 0.25) is 0 Å². The van der Waals surface area contributed by atoms with E-state index in [0.717, 1.165) is 19.3 Å². The number of aromatic nitrogens is 3. The van der Waals surface area contributed by atoms with Crippen molar-refractivity contribution in [1.82, 2.24) is 15.2 Å². The Kier molecular flexibility index (Phi) is 5.10. The maximum atomic E-state index is 11.5. The molecule has 1 rings (SSSR count). The molecule has 0 aromatic carbocycles. The van der Waals surface area contributed by atoms with Crippen LogP contribution in [0.1, 0.15) is 26.2 Å². The highest BCUT2D eigenvalue weighted by Crippen LogP contribution is 2.24. The predicted octanol–water partition coefficient (Wildman–Crippen LogP) is 1.21. The number of nitrogens with zero attached hydrogens (tertiary/aromatic N) is 2. The SMILES string of the molecule is CCCCC(Sc1n[nH]c(N)n1)C(=O)OC. The molecule has 0 aliphatic carbocycles. The molecule has 1 heterocycles. The minimum atomic E-state index is -0.264. The fraction of sp³-hybridized carbons (Fsp3) is 0.667. The van der Waals surface area contributed by atoms with Crippen molar-refractivity contribution in [3.05, 3.63) is 0 Å². The van der Waals surface area contributed by atoms with Crippen LogP contribution in [-0.4, -0.2) is 33.5 Å². The minimum absolute atomic E-state index is 0.248. The first kappa shape index (κ1) is 12.8. The third kappa shape index (κ3) is 3.73. The molecule has 0 fully saturated rings. The largest absolute Gasteiger partial charge is 0.468 e. The Bertz CT molecular complexity index is 342. The summed E-state index contributed by atoms with van der Waals surface area (Å²) in [6.07, 6.45) is 2.75. The lowest BCUT2D eigenvalue weighted by Crippen LogP contribution is -2.18. The van der Waals surface area contributed by atoms with Crippen LogP contribution in [0.3, 0.4) is 0 Å². The number of nitrogens with one attached hydrogen (secondary N) is 1. The van der Waals surface area contributed by atoms with Gasteiger partial charge in [0.15, 0.2) is 0 Å². The number of nitrogen functional groups attached to an aromatic ring is 1. The van der Waals surface area contributed by atoms with E-state index in [2.05, 4.69) is 22.1 Å². The minimum Gasteiger partial charge on any atom is -0.468 e. The van der Waals surface area contributed by atoms with E-state index >= 15 is 0 Å². The Morgan fingerprint density at radius 3 is 2.94 bits per heavy atom. The van der Waals surface area contributed by atoms with Crippen LogP contribution < -0.4 is 5.73 Å². The van der Waals surface area contributed by atoms with Gasteiger partial charge < -0.3 is 10.5 Å². The molecule has 1 unspecified atom stereocenters. The normalized spacial score (nSPS) is 12.4. The van der Waals surface area contributed by atoms with Crippen molar-refractivity contribution in [2.75, 3.05) is 12.8 Å². The van der Waals surface area contributed by atoms with Gasteiger partial charge in [-0.1, -0.05) is 31.5 Å². The quantitative estimate of drug-likeness (QED) is 0.577. The maximum Gasteiger partial charge on any atom is 0.319 e. The Morgan fingerprint density at radius 1 is 1.69 bits per heavy atom. The molecule has 90 valence electrons. The number of rotatable bonds is 6. The number of nitrogens with two attached hydrogens (primary N) is 1. The number of carbonyl (C=O) groups is 1. The molecule has 0 bridgehead atoms. The van der Waals surface area contributed by atoms with E-state index in [0.29, 0.717) is 5.16 Å². The lowest BCUT2D eigenvalue weighted by molar-refractivity contribution is -0.140. The zero-order valence-corrected chi connectivity index (χ0v) is 10.2. The number of thioether (sulfide) groups is 1. The number of hydrogen-bond acceptors (Lipinski definition) is 6. The fourth-order valence-corrected chi connectivity index (χ4v) is 2.16. The molecular formula is C9H16N4O2S. The number of H-pyrrole nitrogens is 1. The number of methoxy groups -OCH3 is 1. The monoisotopic (exact) mass is 244 g/mol. The van der Waals surface area contributed by atoms with Crippen LogP contribution in [0, 0.1) is 0 Å². The van der Waals surface area contributed by atoms with E-state index in [-0.39, 0.29) is 17.2 Å². The van der Waals surface area contributed by atoms with Gasteiger partial charge in [-0.2, -0.15) is 4.98 Å². The van der Waals surface area contributed by atoms with E-state index in [4.69, 9.17) is 10.5 Å². The second kappa shape index (κ2) is 6.37. The molecule has 1 aromatic heterocycles. The van der Waals surface area contributed by atoms with Gasteiger partial charge in [0.05, 0.1) is 7.11 Å². The molecule has 0 spiro atoms. The third-order valence-corrected chi connectivity index (χ3v) is 3.12. The Hall–Kier alpha value is -1.24. The zero-order chi connectivity index (χ0) is 12.0. The summed E-state index contributed by atoms with van der Waals surface area (Å²) in [4.78, 5) is 15.4. The first-order chi connectivity index (χ1) is 7.67. The molecule has 0 amide bonds. The highest BCUT2D eigenvalue weighted by atomic mass is 32.2. The van der Waals surface area contributed by atoms with E-state index < -0.39 is 0 Å². The molecule has 1 aromatic rings. The second-order valence-electron chi connectivity index (χ2n) is 3.28. The molecule has 0 saturated heterocycles. The van der Waals surface area contributed by atoms with Crippen LogP contribution in [0.25, 0.3) is 0 Å². The maximum absolute atomic E-state index is 11.5. The van der Waals surface area contributed by atoms with Crippen molar-refractivity contribution >= 4 is 23.7 Å². The lowest BCUT2D eigenvalue weighted by atomic mass is 10.2. The number of aromatic amines is 1. The number of unbranched alkanes of at least 4 members (excludes halogenated alkanes) is 1. The van der Waals surface area contributed by atoms with Crippen molar-refractivity contribution < 1.29 is 9.53 Å². The summed E-state index contributed by atoms with van der Waals surface area (Å²) in [6, 6.07) is 0. The molecule has 0 aliphatic rings. The Balaban J connectivity index is 2.59. The summed E-state index contributed by atoms with van der Waals surface area (Å²) in [5.41, 5.74) is 5.40. The molecule has 0 aliphatic heterocycles. The van der Waals surface area contributed by atoms with Crippen molar-refractivity contribution in [3.8, 4) is 0 Å². The molecule has 3 N–H and O–H groups in total. The van der Waals surface area contributed by atoms with Gasteiger partial charge in [0.25, 0.3) is 0 Å². The summed E-state index contributed by atoms with van der Waals surface area (Å²) in [5, 5.41) is 6.62. The number of carbonyl (C=O) groups excluding carboxylic acids is 1. The van der Waals surface area contributed by atoms with E-state index in [9.17, 15) is 4.79 Å². The predicted molar refractivity (Wildman–Crippen MR) is 62.0 cm³/mol. The van der Waals surface area contributed by atoms with Crippen molar-refractivity contribution in [2.45, 2.75) is 36.6 Å². The highest BCUT2D eigenvalue weighted by molar-refractivity contribution is 8.00. The van der Waals surface area contributed by atoms with Gasteiger partial charge in [-0.05, 0) is 6.42 Å². The number of esters is 1. The number of ether oxygens (including phenoxy) is 1. The molecule has 1 atom stereocenters. The first-order valence-electron chi connectivity index (χ1n) is 5.09. The summed E-state index contributed by atoms with van der Waals surface area (Å²) in [5.74, 6) is 0.00317. The van der Waals surface area contributed by atoms with Crippen molar-refractivity contribution in [1.29, 1.82) is 0 Å². The van der Waals surface area contributed by atoms with Crippen molar-refractivity contribution in [2.24, 2.45) is 0 Å². The van der Waals surface area contributed by atoms with E-state index in [1.54, 1.807) is 0 Å². The molecule has 7 heteroatoms. The van der Waals surface area contributed by atoms with Gasteiger partial charge in [-0.15, -0.1) is 5.10 Å². The van der Waals surface area contributed by atoms with Gasteiger partial charge in [0.2, 0.25) is 11.1 Å². The lowest BCUT2D eigenvalue weighted by Gasteiger charge is -2.11. The van der Waals surface area contributed by atoms with E-state index in [1.807, 2.05) is 0 Å². The van der Waals surface area contributed by atoms with Crippen LogP contribution in [0.15, 0.2) is 5.16 Å². The van der Waals surface area contributed by atoms with Gasteiger partial charge >= 0.3 is 5.97 Å². The second-order valence-corrected chi connectivity index (χ2v) is 4.44. The Morgan fingerprint density at radius 2 is 2.44 bits per heavy atom. The van der Waals surface area contributed by atoms with E-state index in [1.165, 1.54) is 18.9 Å². The molecule has 0 saturated carbocycles. The molecular weight excluding hydrogens is 228 g/mol. The molecule has 6 nitrogen and oxygen atoms in total. The van der Waals surface area contributed by atoms with Crippen molar-refractivity contribution in [3.63, 3.8) is 0 Å². The zero-order valence-electron chi connectivity index (χ0n) is 9.40. The summed E-state index contributed by atoms with van der Waals surface area (Å²) >= 11 is 1.27.